The molecule has 4 nitrogen and oxygen atoms in total. The van der Waals surface area contributed by atoms with Crippen LogP contribution in [0.5, 0.6) is 0 Å². The zero-order valence-corrected chi connectivity index (χ0v) is 8.65. The van der Waals surface area contributed by atoms with Gasteiger partial charge >= 0.3 is 5.97 Å². The van der Waals surface area contributed by atoms with Crippen LogP contribution in [0.1, 0.15) is 10.5 Å². The van der Waals surface area contributed by atoms with Gasteiger partial charge in [-0.2, -0.15) is 0 Å². The van der Waals surface area contributed by atoms with Crippen LogP contribution in [-0.4, -0.2) is 23.0 Å². The average molecular weight is 223 g/mol. The van der Waals surface area contributed by atoms with Crippen LogP contribution < -0.4 is 0 Å². The molecule has 0 bridgehead atoms. The Bertz CT molecular complexity index is 528. The molecular weight excluding hydrogens is 216 g/mol. The predicted octanol–water partition coefficient (Wildman–Crippen LogP) is 2.07. The van der Waals surface area contributed by atoms with E-state index in [-0.39, 0.29) is 5.69 Å². The number of methoxy groups -OCH3 is 1. The first-order valence-electron chi connectivity index (χ1n) is 4.21. The number of halogens is 1. The Hall–Kier alpha value is -1.68. The number of carbonyl (C=O) groups is 1. The molecule has 0 aliphatic carbocycles. The first-order chi connectivity index (χ1) is 7.20. The fourth-order valence-corrected chi connectivity index (χ4v) is 1.35. The molecule has 76 valence electrons. The first-order valence-corrected chi connectivity index (χ1v) is 4.59. The van der Waals surface area contributed by atoms with Crippen molar-refractivity contribution in [3.8, 4) is 0 Å². The van der Waals surface area contributed by atoms with Crippen molar-refractivity contribution in [2.24, 2.45) is 0 Å². The van der Waals surface area contributed by atoms with E-state index in [0.717, 1.165) is 0 Å². The number of fused-ring (bicyclic) bond motifs is 1. The van der Waals surface area contributed by atoms with E-state index >= 15 is 0 Å². The standard InChI is InChI=1S/C10H7ClN2O2/c1-15-10(14)9-5-12-8-4-6(11)2-3-7(8)13-9/h2-5H,1H3. The molecule has 0 saturated heterocycles. The van der Waals surface area contributed by atoms with Crippen molar-refractivity contribution in [1.29, 1.82) is 0 Å². The summed E-state index contributed by atoms with van der Waals surface area (Å²) in [6, 6.07) is 5.09. The molecule has 0 aliphatic heterocycles. The zero-order chi connectivity index (χ0) is 10.8. The second-order valence-corrected chi connectivity index (χ2v) is 3.32. The van der Waals surface area contributed by atoms with E-state index in [2.05, 4.69) is 14.7 Å². The fourth-order valence-electron chi connectivity index (χ4n) is 1.19. The summed E-state index contributed by atoms with van der Waals surface area (Å²) in [4.78, 5) is 19.3. The summed E-state index contributed by atoms with van der Waals surface area (Å²) in [7, 11) is 1.30. The zero-order valence-electron chi connectivity index (χ0n) is 7.90. The fraction of sp³-hybridized carbons (Fsp3) is 0.100. The molecule has 0 fully saturated rings. The van der Waals surface area contributed by atoms with Crippen molar-refractivity contribution >= 4 is 28.6 Å². The molecule has 0 radical (unpaired) electrons. The largest absolute Gasteiger partial charge is 0.464 e. The van der Waals surface area contributed by atoms with E-state index in [1.54, 1.807) is 18.2 Å². The van der Waals surface area contributed by atoms with Crippen LogP contribution in [0.3, 0.4) is 0 Å². The number of nitrogens with zero attached hydrogens (tertiary/aromatic N) is 2. The molecule has 0 unspecified atom stereocenters. The van der Waals surface area contributed by atoms with Crippen LogP contribution in [0.25, 0.3) is 11.0 Å². The molecule has 1 aromatic heterocycles. The number of carbonyl (C=O) groups excluding carboxylic acids is 1. The summed E-state index contributed by atoms with van der Waals surface area (Å²) < 4.78 is 4.54. The maximum atomic E-state index is 11.2. The molecule has 1 heterocycles. The molecule has 0 aliphatic rings. The molecule has 0 saturated carbocycles. The van der Waals surface area contributed by atoms with Gasteiger partial charge < -0.3 is 4.74 Å². The summed E-state index contributed by atoms with van der Waals surface area (Å²) in [5.74, 6) is -0.501. The number of ether oxygens (including phenoxy) is 1. The monoisotopic (exact) mass is 222 g/mol. The SMILES string of the molecule is COC(=O)c1cnc2cc(Cl)ccc2n1. The Morgan fingerprint density at radius 3 is 2.93 bits per heavy atom. The van der Waals surface area contributed by atoms with Gasteiger partial charge in [0, 0.05) is 5.02 Å². The van der Waals surface area contributed by atoms with E-state index in [0.29, 0.717) is 16.1 Å². The third-order valence-electron chi connectivity index (χ3n) is 1.90. The van der Waals surface area contributed by atoms with Crippen LogP contribution in [0.2, 0.25) is 5.02 Å². The second kappa shape index (κ2) is 3.82. The van der Waals surface area contributed by atoms with Gasteiger partial charge in [0.1, 0.15) is 0 Å². The summed E-state index contributed by atoms with van der Waals surface area (Å²) in [5.41, 5.74) is 1.45. The summed E-state index contributed by atoms with van der Waals surface area (Å²) in [6.07, 6.45) is 1.37. The van der Waals surface area contributed by atoms with Crippen molar-refractivity contribution in [2.75, 3.05) is 7.11 Å². The first kappa shape index (κ1) is 9.86. The highest BCUT2D eigenvalue weighted by Gasteiger charge is 2.08. The lowest BCUT2D eigenvalue weighted by molar-refractivity contribution is 0.0594. The Balaban J connectivity index is 2.57. The van der Waals surface area contributed by atoms with Gasteiger partial charge in [-0.25, -0.2) is 9.78 Å². The molecule has 0 atom stereocenters. The lowest BCUT2D eigenvalue weighted by atomic mass is 10.3. The molecule has 0 N–H and O–H groups in total. The number of rotatable bonds is 1. The topological polar surface area (TPSA) is 52.1 Å². The molecule has 2 aromatic rings. The average Bonchev–Trinajstić information content (AvgIpc) is 2.27. The van der Waals surface area contributed by atoms with E-state index in [9.17, 15) is 4.79 Å². The Kier molecular flexibility index (Phi) is 2.51. The summed E-state index contributed by atoms with van der Waals surface area (Å²) in [6.45, 7) is 0. The smallest absolute Gasteiger partial charge is 0.358 e. The Morgan fingerprint density at radius 2 is 2.20 bits per heavy atom. The van der Waals surface area contributed by atoms with Crippen LogP contribution in [0, 0.1) is 0 Å². The van der Waals surface area contributed by atoms with Crippen LogP contribution in [0.15, 0.2) is 24.4 Å². The van der Waals surface area contributed by atoms with Gasteiger partial charge in [-0.1, -0.05) is 11.6 Å². The summed E-state index contributed by atoms with van der Waals surface area (Å²) >= 11 is 5.79. The van der Waals surface area contributed by atoms with Crippen LogP contribution in [0.4, 0.5) is 0 Å². The van der Waals surface area contributed by atoms with Crippen molar-refractivity contribution in [3.05, 3.63) is 35.1 Å². The Labute approximate surface area is 90.9 Å². The number of esters is 1. The van der Waals surface area contributed by atoms with Crippen molar-refractivity contribution in [1.82, 2.24) is 9.97 Å². The van der Waals surface area contributed by atoms with E-state index in [4.69, 9.17) is 11.6 Å². The molecule has 5 heteroatoms. The summed E-state index contributed by atoms with van der Waals surface area (Å²) in [5, 5.41) is 0.586. The Morgan fingerprint density at radius 1 is 1.40 bits per heavy atom. The maximum Gasteiger partial charge on any atom is 0.358 e. The lowest BCUT2D eigenvalue weighted by Crippen LogP contribution is -2.04. The van der Waals surface area contributed by atoms with Gasteiger partial charge in [-0.3, -0.25) is 4.98 Å². The molecule has 0 amide bonds. The van der Waals surface area contributed by atoms with Gasteiger partial charge in [-0.05, 0) is 18.2 Å². The van der Waals surface area contributed by atoms with E-state index in [1.807, 2.05) is 0 Å². The van der Waals surface area contributed by atoms with E-state index in [1.165, 1.54) is 13.3 Å². The number of benzene rings is 1. The minimum atomic E-state index is -0.501. The van der Waals surface area contributed by atoms with E-state index < -0.39 is 5.97 Å². The van der Waals surface area contributed by atoms with Gasteiger partial charge in [0.05, 0.1) is 24.3 Å². The predicted molar refractivity (Wildman–Crippen MR) is 55.9 cm³/mol. The number of hydrogen-bond acceptors (Lipinski definition) is 4. The number of aromatic nitrogens is 2. The van der Waals surface area contributed by atoms with Crippen LogP contribution in [-0.2, 0) is 4.74 Å². The molecular formula is C10H7ClN2O2. The molecule has 0 spiro atoms. The second-order valence-electron chi connectivity index (χ2n) is 2.88. The number of hydrogen-bond donors (Lipinski definition) is 0. The highest BCUT2D eigenvalue weighted by atomic mass is 35.5. The minimum absolute atomic E-state index is 0.187. The van der Waals surface area contributed by atoms with Gasteiger partial charge in [0.15, 0.2) is 5.69 Å². The lowest BCUT2D eigenvalue weighted by Gasteiger charge is -2.00. The third kappa shape index (κ3) is 1.89. The molecule has 2 rings (SSSR count). The van der Waals surface area contributed by atoms with Gasteiger partial charge in [0.25, 0.3) is 0 Å². The minimum Gasteiger partial charge on any atom is -0.464 e. The molecule has 15 heavy (non-hydrogen) atoms. The third-order valence-corrected chi connectivity index (χ3v) is 2.13. The highest BCUT2D eigenvalue weighted by Crippen LogP contribution is 2.15. The maximum absolute atomic E-state index is 11.2. The van der Waals surface area contributed by atoms with Crippen molar-refractivity contribution < 1.29 is 9.53 Å². The van der Waals surface area contributed by atoms with Crippen LogP contribution >= 0.6 is 11.6 Å². The molecule has 1 aromatic carbocycles. The van der Waals surface area contributed by atoms with Gasteiger partial charge in [-0.15, -0.1) is 0 Å². The quantitative estimate of drug-likeness (QED) is 0.693. The normalized spacial score (nSPS) is 10.3. The van der Waals surface area contributed by atoms with Gasteiger partial charge in [0.2, 0.25) is 0 Å². The van der Waals surface area contributed by atoms with Crippen molar-refractivity contribution in [3.63, 3.8) is 0 Å². The highest BCUT2D eigenvalue weighted by molar-refractivity contribution is 6.31. The van der Waals surface area contributed by atoms with Crippen molar-refractivity contribution in [2.45, 2.75) is 0 Å².